The predicted molar refractivity (Wildman–Crippen MR) is 59.5 cm³/mol. The molecule has 76 valence electrons. The van der Waals surface area contributed by atoms with Gasteiger partial charge in [-0.1, -0.05) is 17.7 Å². The van der Waals surface area contributed by atoms with Crippen LogP contribution in [0.2, 0.25) is 5.02 Å². The molecule has 2 nitrogen and oxygen atoms in total. The maximum atomic E-state index is 6.06. The number of methoxy groups -OCH3 is 1. The number of rotatable bonds is 2. The van der Waals surface area contributed by atoms with Gasteiger partial charge in [0.1, 0.15) is 0 Å². The summed E-state index contributed by atoms with van der Waals surface area (Å²) in [6.45, 7) is 2.22. The highest BCUT2D eigenvalue weighted by molar-refractivity contribution is 6.32. The molecule has 1 aromatic carbocycles. The molecule has 0 bridgehead atoms. The van der Waals surface area contributed by atoms with E-state index >= 15 is 0 Å². The fourth-order valence-corrected chi connectivity index (χ4v) is 2.15. The third-order valence-corrected chi connectivity index (χ3v) is 2.89. The summed E-state index contributed by atoms with van der Waals surface area (Å²) in [5, 5.41) is 0.692. The highest BCUT2D eigenvalue weighted by Crippen LogP contribution is 2.36. The molecule has 1 saturated heterocycles. The molecule has 1 aliphatic rings. The number of hydrogen-bond acceptors (Lipinski definition) is 2. The van der Waals surface area contributed by atoms with Crippen LogP contribution in [0.3, 0.4) is 0 Å². The molecule has 14 heavy (non-hydrogen) atoms. The first-order valence-electron chi connectivity index (χ1n) is 4.90. The van der Waals surface area contributed by atoms with Gasteiger partial charge in [0.05, 0.1) is 17.8 Å². The standard InChI is InChI=1S/C11H14ClNO/c1-14-11-9(12)5-4-6-10(11)13-7-2-3-8-13/h4-6H,2-3,7-8H2,1H3. The molecule has 0 aromatic heterocycles. The molecule has 0 spiro atoms. The predicted octanol–water partition coefficient (Wildman–Crippen LogP) is 2.95. The van der Waals surface area contributed by atoms with Crippen molar-refractivity contribution in [3.8, 4) is 5.75 Å². The maximum absolute atomic E-state index is 6.06. The van der Waals surface area contributed by atoms with Crippen molar-refractivity contribution >= 4 is 17.3 Å². The molecule has 0 atom stereocenters. The van der Waals surface area contributed by atoms with Crippen molar-refractivity contribution in [3.63, 3.8) is 0 Å². The van der Waals surface area contributed by atoms with Crippen LogP contribution < -0.4 is 9.64 Å². The van der Waals surface area contributed by atoms with Crippen molar-refractivity contribution in [3.05, 3.63) is 23.2 Å². The summed E-state index contributed by atoms with van der Waals surface area (Å²) in [6.07, 6.45) is 2.52. The number of halogens is 1. The Morgan fingerprint density at radius 1 is 1.29 bits per heavy atom. The van der Waals surface area contributed by atoms with Gasteiger partial charge in [-0.25, -0.2) is 0 Å². The Bertz CT molecular complexity index is 321. The first-order valence-corrected chi connectivity index (χ1v) is 5.28. The summed E-state index contributed by atoms with van der Waals surface area (Å²) >= 11 is 6.06. The first-order chi connectivity index (χ1) is 6.83. The highest BCUT2D eigenvalue weighted by atomic mass is 35.5. The molecule has 0 amide bonds. The minimum absolute atomic E-state index is 0.692. The van der Waals surface area contributed by atoms with E-state index in [1.165, 1.54) is 12.8 Å². The number of nitrogens with zero attached hydrogens (tertiary/aromatic N) is 1. The molecule has 0 radical (unpaired) electrons. The second-order valence-electron chi connectivity index (χ2n) is 3.49. The minimum atomic E-state index is 0.692. The molecule has 0 aliphatic carbocycles. The molecular weight excluding hydrogens is 198 g/mol. The Labute approximate surface area is 89.4 Å². The van der Waals surface area contributed by atoms with Gasteiger partial charge in [-0.05, 0) is 25.0 Å². The lowest BCUT2D eigenvalue weighted by atomic mass is 10.2. The SMILES string of the molecule is COc1c(Cl)cccc1N1CCCC1. The largest absolute Gasteiger partial charge is 0.493 e. The van der Waals surface area contributed by atoms with E-state index in [4.69, 9.17) is 16.3 Å². The number of para-hydroxylation sites is 1. The van der Waals surface area contributed by atoms with Gasteiger partial charge >= 0.3 is 0 Å². The maximum Gasteiger partial charge on any atom is 0.160 e. The summed E-state index contributed by atoms with van der Waals surface area (Å²) in [7, 11) is 1.67. The van der Waals surface area contributed by atoms with Gasteiger partial charge in [0.15, 0.2) is 5.75 Å². The Kier molecular flexibility index (Phi) is 2.82. The summed E-state index contributed by atoms with van der Waals surface area (Å²) in [5.41, 5.74) is 1.12. The van der Waals surface area contributed by atoms with E-state index in [1.54, 1.807) is 7.11 Å². The van der Waals surface area contributed by atoms with E-state index in [2.05, 4.69) is 11.0 Å². The van der Waals surface area contributed by atoms with Gasteiger partial charge in [-0.3, -0.25) is 0 Å². The Hall–Kier alpha value is -0.890. The quantitative estimate of drug-likeness (QED) is 0.746. The summed E-state index contributed by atoms with van der Waals surface area (Å²) in [5.74, 6) is 0.802. The third-order valence-electron chi connectivity index (χ3n) is 2.60. The van der Waals surface area contributed by atoms with Crippen molar-refractivity contribution in [1.29, 1.82) is 0 Å². The van der Waals surface area contributed by atoms with Crippen LogP contribution in [-0.2, 0) is 0 Å². The lowest BCUT2D eigenvalue weighted by molar-refractivity contribution is 0.415. The van der Waals surface area contributed by atoms with Gasteiger partial charge in [0, 0.05) is 13.1 Å². The van der Waals surface area contributed by atoms with Crippen LogP contribution in [0.5, 0.6) is 5.75 Å². The van der Waals surface area contributed by atoms with Gasteiger partial charge in [0.25, 0.3) is 0 Å². The van der Waals surface area contributed by atoms with Crippen molar-refractivity contribution < 1.29 is 4.74 Å². The molecule has 1 heterocycles. The zero-order valence-corrected chi connectivity index (χ0v) is 9.05. The van der Waals surface area contributed by atoms with Crippen LogP contribution in [-0.4, -0.2) is 20.2 Å². The molecular formula is C11H14ClNO. The first kappa shape index (κ1) is 9.66. The van der Waals surface area contributed by atoms with Crippen molar-refractivity contribution in [2.75, 3.05) is 25.1 Å². The van der Waals surface area contributed by atoms with Crippen molar-refractivity contribution in [2.24, 2.45) is 0 Å². The van der Waals surface area contributed by atoms with E-state index in [9.17, 15) is 0 Å². The highest BCUT2D eigenvalue weighted by Gasteiger charge is 2.17. The topological polar surface area (TPSA) is 12.5 Å². The zero-order valence-electron chi connectivity index (χ0n) is 8.29. The average molecular weight is 212 g/mol. The number of anilines is 1. The van der Waals surface area contributed by atoms with Crippen LogP contribution in [0, 0.1) is 0 Å². The fourth-order valence-electron chi connectivity index (χ4n) is 1.91. The monoisotopic (exact) mass is 211 g/mol. The number of ether oxygens (including phenoxy) is 1. The second kappa shape index (κ2) is 4.09. The average Bonchev–Trinajstić information content (AvgIpc) is 2.70. The third kappa shape index (κ3) is 1.67. The molecule has 1 aliphatic heterocycles. The molecule has 3 heteroatoms. The van der Waals surface area contributed by atoms with Gasteiger partial charge in [-0.2, -0.15) is 0 Å². The number of benzene rings is 1. The fraction of sp³-hybridized carbons (Fsp3) is 0.455. The normalized spacial score (nSPS) is 16.0. The van der Waals surface area contributed by atoms with Gasteiger partial charge in [0.2, 0.25) is 0 Å². The molecule has 0 unspecified atom stereocenters. The Morgan fingerprint density at radius 2 is 2.00 bits per heavy atom. The smallest absolute Gasteiger partial charge is 0.160 e. The molecule has 0 N–H and O–H groups in total. The van der Waals surface area contributed by atoms with Crippen LogP contribution >= 0.6 is 11.6 Å². The van der Waals surface area contributed by atoms with Crippen molar-refractivity contribution in [1.82, 2.24) is 0 Å². The van der Waals surface area contributed by atoms with E-state index < -0.39 is 0 Å². The molecule has 2 rings (SSSR count). The van der Waals surface area contributed by atoms with E-state index in [0.717, 1.165) is 24.5 Å². The molecule has 1 aromatic rings. The van der Waals surface area contributed by atoms with Crippen LogP contribution in [0.4, 0.5) is 5.69 Å². The summed E-state index contributed by atoms with van der Waals surface area (Å²) in [4.78, 5) is 2.32. The van der Waals surface area contributed by atoms with Crippen LogP contribution in [0.25, 0.3) is 0 Å². The van der Waals surface area contributed by atoms with Crippen LogP contribution in [0.15, 0.2) is 18.2 Å². The molecule has 0 saturated carbocycles. The van der Waals surface area contributed by atoms with Crippen LogP contribution in [0.1, 0.15) is 12.8 Å². The summed E-state index contributed by atoms with van der Waals surface area (Å²) in [6, 6.07) is 5.90. The minimum Gasteiger partial charge on any atom is -0.493 e. The van der Waals surface area contributed by atoms with E-state index in [-0.39, 0.29) is 0 Å². The van der Waals surface area contributed by atoms with E-state index in [1.807, 2.05) is 12.1 Å². The summed E-state index contributed by atoms with van der Waals surface area (Å²) < 4.78 is 5.31. The zero-order chi connectivity index (χ0) is 9.97. The lowest BCUT2D eigenvalue weighted by Crippen LogP contribution is -2.18. The van der Waals surface area contributed by atoms with E-state index in [0.29, 0.717) is 5.02 Å². The van der Waals surface area contributed by atoms with Crippen molar-refractivity contribution in [2.45, 2.75) is 12.8 Å². The second-order valence-corrected chi connectivity index (χ2v) is 3.89. The Morgan fingerprint density at radius 3 is 2.64 bits per heavy atom. The molecule has 1 fully saturated rings. The van der Waals surface area contributed by atoms with Gasteiger partial charge in [-0.15, -0.1) is 0 Å². The Balaban J connectivity index is 2.35. The lowest BCUT2D eigenvalue weighted by Gasteiger charge is -2.20. The number of hydrogen-bond donors (Lipinski definition) is 0. The van der Waals surface area contributed by atoms with Gasteiger partial charge < -0.3 is 9.64 Å².